The number of nitrogens with two attached hydrogens (primary N) is 1. The lowest BCUT2D eigenvalue weighted by molar-refractivity contribution is 0.679. The molecule has 25 heavy (non-hydrogen) atoms. The summed E-state index contributed by atoms with van der Waals surface area (Å²) < 4.78 is 0. The van der Waals surface area contributed by atoms with E-state index in [4.69, 9.17) is 5.73 Å². The number of nitrogens with one attached hydrogen (secondary N) is 1. The first kappa shape index (κ1) is 17.3. The van der Waals surface area contributed by atoms with Crippen molar-refractivity contribution in [3.63, 3.8) is 0 Å². The molecule has 0 aliphatic heterocycles. The van der Waals surface area contributed by atoms with Crippen LogP contribution in [0.25, 0.3) is 0 Å². The van der Waals surface area contributed by atoms with Gasteiger partial charge in [-0.25, -0.2) is 9.97 Å². The third kappa shape index (κ3) is 4.29. The lowest BCUT2D eigenvalue weighted by atomic mass is 9.97. The Balaban J connectivity index is 1.71. The van der Waals surface area contributed by atoms with Crippen molar-refractivity contribution in [3.8, 4) is 0 Å². The number of hydrogen-bond donors (Lipinski definition) is 2. The van der Waals surface area contributed by atoms with Crippen molar-refractivity contribution in [3.05, 3.63) is 48.3 Å². The zero-order valence-corrected chi connectivity index (χ0v) is 14.9. The number of nitrogen functional groups attached to an aromatic ring is 1. The van der Waals surface area contributed by atoms with Gasteiger partial charge in [-0.15, -0.1) is 0 Å². The predicted molar refractivity (Wildman–Crippen MR) is 105 cm³/mol. The summed E-state index contributed by atoms with van der Waals surface area (Å²) in [7, 11) is 0. The summed E-state index contributed by atoms with van der Waals surface area (Å²) in [5, 5.41) is 3.39. The van der Waals surface area contributed by atoms with E-state index in [0.717, 1.165) is 36.8 Å². The molecule has 1 aromatic heterocycles. The Morgan fingerprint density at radius 1 is 1.16 bits per heavy atom. The molecule has 1 aliphatic rings. The van der Waals surface area contributed by atoms with Gasteiger partial charge in [0.15, 0.2) is 11.6 Å². The van der Waals surface area contributed by atoms with Crippen LogP contribution in [0.5, 0.6) is 0 Å². The zero-order valence-electron chi connectivity index (χ0n) is 14.9. The summed E-state index contributed by atoms with van der Waals surface area (Å²) in [5.41, 5.74) is 9.60. The Labute approximate surface area is 150 Å². The minimum Gasteiger partial charge on any atom is -0.393 e. The molecule has 0 saturated carbocycles. The molecule has 1 heterocycles. The van der Waals surface area contributed by atoms with Crippen molar-refractivity contribution in [2.45, 2.75) is 39.0 Å². The van der Waals surface area contributed by atoms with Gasteiger partial charge in [0, 0.05) is 18.8 Å². The molecule has 0 fully saturated rings. The molecule has 0 amide bonds. The van der Waals surface area contributed by atoms with Crippen molar-refractivity contribution in [2.24, 2.45) is 0 Å². The monoisotopic (exact) mass is 337 g/mol. The number of aromatic nitrogens is 2. The maximum atomic E-state index is 6.37. The van der Waals surface area contributed by atoms with Gasteiger partial charge in [0.05, 0.1) is 0 Å². The zero-order chi connectivity index (χ0) is 17.5. The minimum absolute atomic E-state index is 0.603. The van der Waals surface area contributed by atoms with Crippen molar-refractivity contribution >= 4 is 23.0 Å². The average Bonchev–Trinajstić information content (AvgIpc) is 2.67. The van der Waals surface area contributed by atoms with Crippen LogP contribution in [0.1, 0.15) is 39.0 Å². The molecule has 3 rings (SSSR count). The van der Waals surface area contributed by atoms with Gasteiger partial charge in [-0.2, -0.15) is 0 Å². The van der Waals surface area contributed by atoms with Crippen molar-refractivity contribution in [1.82, 2.24) is 9.97 Å². The van der Waals surface area contributed by atoms with Crippen LogP contribution in [0.2, 0.25) is 0 Å². The van der Waals surface area contributed by atoms with Gasteiger partial charge in [0.1, 0.15) is 12.0 Å². The van der Waals surface area contributed by atoms with E-state index in [1.54, 1.807) is 11.9 Å². The third-order valence-electron chi connectivity index (χ3n) is 4.63. The first-order chi connectivity index (χ1) is 12.3. The lowest BCUT2D eigenvalue weighted by Gasteiger charge is -2.24. The smallest absolute Gasteiger partial charge is 0.161 e. The van der Waals surface area contributed by atoms with Gasteiger partial charge >= 0.3 is 0 Å². The first-order valence-corrected chi connectivity index (χ1v) is 9.14. The lowest BCUT2D eigenvalue weighted by Crippen LogP contribution is -2.20. The Bertz CT molecular complexity index is 711. The van der Waals surface area contributed by atoms with E-state index >= 15 is 0 Å². The van der Waals surface area contributed by atoms with E-state index in [-0.39, 0.29) is 0 Å². The summed E-state index contributed by atoms with van der Waals surface area (Å²) >= 11 is 0. The average molecular weight is 337 g/mol. The molecular formula is C20H27N5. The Hall–Kier alpha value is -2.56. The summed E-state index contributed by atoms with van der Waals surface area (Å²) in [6.07, 6.45) is 10.1. The highest BCUT2D eigenvalue weighted by atomic mass is 15.2. The number of para-hydroxylation sites is 1. The van der Waals surface area contributed by atoms with Gasteiger partial charge in [0.2, 0.25) is 0 Å². The number of benzene rings is 1. The van der Waals surface area contributed by atoms with E-state index in [9.17, 15) is 0 Å². The number of nitrogens with zero attached hydrogens (tertiary/aromatic N) is 3. The topological polar surface area (TPSA) is 67.1 Å². The van der Waals surface area contributed by atoms with Crippen LogP contribution >= 0.6 is 0 Å². The molecule has 1 aromatic carbocycles. The second-order valence-corrected chi connectivity index (χ2v) is 6.32. The van der Waals surface area contributed by atoms with Crippen LogP contribution in [-0.4, -0.2) is 23.1 Å². The Kier molecular flexibility index (Phi) is 5.88. The molecule has 0 bridgehead atoms. The SMILES string of the molecule is CCN(c1ccccc1)c1ncnc(NCCC2=CCCCC2)c1N. The predicted octanol–water partition coefficient (Wildman–Crippen LogP) is 4.52. The van der Waals surface area contributed by atoms with E-state index < -0.39 is 0 Å². The minimum atomic E-state index is 0.603. The summed E-state index contributed by atoms with van der Waals surface area (Å²) in [5.74, 6) is 1.47. The molecule has 3 N–H and O–H groups in total. The van der Waals surface area contributed by atoms with Crippen molar-refractivity contribution in [1.29, 1.82) is 0 Å². The maximum absolute atomic E-state index is 6.37. The van der Waals surface area contributed by atoms with E-state index in [1.165, 1.54) is 25.7 Å². The Morgan fingerprint density at radius 2 is 2.00 bits per heavy atom. The highest BCUT2D eigenvalue weighted by molar-refractivity contribution is 5.79. The number of hydrogen-bond acceptors (Lipinski definition) is 5. The third-order valence-corrected chi connectivity index (χ3v) is 4.63. The second kappa shape index (κ2) is 8.51. The number of anilines is 4. The van der Waals surface area contributed by atoms with Crippen LogP contribution in [0, 0.1) is 0 Å². The molecule has 0 radical (unpaired) electrons. The van der Waals surface area contributed by atoms with Gasteiger partial charge in [-0.3, -0.25) is 0 Å². The molecule has 2 aromatic rings. The van der Waals surface area contributed by atoms with Gasteiger partial charge in [0.25, 0.3) is 0 Å². The standard InChI is InChI=1S/C20H27N5/c1-2-25(17-11-7-4-8-12-17)20-18(21)19(23-15-24-20)22-14-13-16-9-5-3-6-10-16/h4,7-9,11-12,15H,2-3,5-6,10,13-14,21H2,1H3,(H,22,23,24). The molecule has 132 valence electrons. The maximum Gasteiger partial charge on any atom is 0.161 e. The fourth-order valence-corrected chi connectivity index (χ4v) is 3.28. The Morgan fingerprint density at radius 3 is 2.72 bits per heavy atom. The quantitative estimate of drug-likeness (QED) is 0.727. The largest absolute Gasteiger partial charge is 0.393 e. The fourth-order valence-electron chi connectivity index (χ4n) is 3.28. The van der Waals surface area contributed by atoms with Gasteiger partial charge in [-0.05, 0) is 51.2 Å². The summed E-state index contributed by atoms with van der Waals surface area (Å²) in [6, 6.07) is 10.2. The molecule has 0 spiro atoms. The second-order valence-electron chi connectivity index (χ2n) is 6.32. The van der Waals surface area contributed by atoms with E-state index in [2.05, 4.69) is 45.3 Å². The summed E-state index contributed by atoms with van der Waals surface area (Å²) in [6.45, 7) is 3.73. The molecule has 5 nitrogen and oxygen atoms in total. The molecule has 0 saturated heterocycles. The summed E-state index contributed by atoms with van der Waals surface area (Å²) in [4.78, 5) is 10.9. The molecule has 0 unspecified atom stereocenters. The van der Waals surface area contributed by atoms with E-state index in [0.29, 0.717) is 5.69 Å². The van der Waals surface area contributed by atoms with Crippen LogP contribution < -0.4 is 16.0 Å². The highest BCUT2D eigenvalue weighted by Crippen LogP contribution is 2.31. The van der Waals surface area contributed by atoms with Crippen LogP contribution in [0.4, 0.5) is 23.0 Å². The molecular weight excluding hydrogens is 310 g/mol. The van der Waals surface area contributed by atoms with E-state index in [1.807, 2.05) is 18.2 Å². The van der Waals surface area contributed by atoms with Crippen LogP contribution in [-0.2, 0) is 0 Å². The van der Waals surface area contributed by atoms with Gasteiger partial charge < -0.3 is 16.0 Å². The number of allylic oxidation sites excluding steroid dienone is 1. The van der Waals surface area contributed by atoms with Crippen LogP contribution in [0.15, 0.2) is 48.3 Å². The number of rotatable bonds is 7. The normalized spacial score (nSPS) is 14.0. The van der Waals surface area contributed by atoms with Gasteiger partial charge in [-0.1, -0.05) is 29.8 Å². The molecule has 5 heteroatoms. The molecule has 0 atom stereocenters. The van der Waals surface area contributed by atoms with Crippen molar-refractivity contribution < 1.29 is 0 Å². The first-order valence-electron chi connectivity index (χ1n) is 9.14. The fraction of sp³-hybridized carbons (Fsp3) is 0.400. The molecule has 1 aliphatic carbocycles. The van der Waals surface area contributed by atoms with Crippen LogP contribution in [0.3, 0.4) is 0 Å². The highest BCUT2D eigenvalue weighted by Gasteiger charge is 2.15. The van der Waals surface area contributed by atoms with Crippen molar-refractivity contribution in [2.75, 3.05) is 29.0 Å².